The largest absolute Gasteiger partial charge is 0.497 e. The van der Waals surface area contributed by atoms with Crippen LogP contribution in [0.5, 0.6) is 11.5 Å². The number of hydrogen-bond acceptors (Lipinski definition) is 6. The first kappa shape index (κ1) is 17.7. The van der Waals surface area contributed by atoms with Crippen molar-refractivity contribution >= 4 is 28.2 Å². The third kappa shape index (κ3) is 2.99. The molecule has 0 fully saturated rings. The van der Waals surface area contributed by atoms with Gasteiger partial charge in [-0.1, -0.05) is 0 Å². The number of aliphatic hydroxyl groups is 1. The number of rotatable bonds is 5. The summed E-state index contributed by atoms with van der Waals surface area (Å²) in [6, 6.07) is 10.8. The number of methoxy groups -OCH3 is 2. The summed E-state index contributed by atoms with van der Waals surface area (Å²) in [7, 11) is 3.13. The van der Waals surface area contributed by atoms with Crippen molar-refractivity contribution in [3.05, 3.63) is 64.2 Å². The molecule has 4 aromatic rings. The number of fused-ring (bicyclic) bond motifs is 3. The fraction of sp³-hybridized carbons (Fsp3) is 0.150. The van der Waals surface area contributed by atoms with Crippen LogP contribution in [0.4, 0.5) is 0 Å². The second-order valence-electron chi connectivity index (χ2n) is 6.13. The lowest BCUT2D eigenvalue weighted by Crippen LogP contribution is -2.17. The van der Waals surface area contributed by atoms with Gasteiger partial charge in [-0.05, 0) is 42.0 Å². The van der Waals surface area contributed by atoms with Crippen LogP contribution in [0.3, 0.4) is 0 Å². The average Bonchev–Trinajstić information content (AvgIpc) is 3.11. The summed E-state index contributed by atoms with van der Waals surface area (Å²) in [4.78, 5) is 20.3. The second kappa shape index (κ2) is 7.16. The number of aromatic nitrogens is 3. The van der Waals surface area contributed by atoms with E-state index in [1.165, 1.54) is 12.5 Å². The summed E-state index contributed by atoms with van der Waals surface area (Å²) in [6.07, 6.45) is 2.91. The Morgan fingerprint density at radius 1 is 1.21 bits per heavy atom. The molecule has 0 saturated heterocycles. The van der Waals surface area contributed by atoms with Gasteiger partial charge >= 0.3 is 0 Å². The Bertz CT molecular complexity index is 1260. The number of aliphatic hydroxyl groups excluding tert-OH is 1. The monoisotopic (exact) mass is 378 g/mol. The zero-order valence-corrected chi connectivity index (χ0v) is 15.3. The molecule has 0 unspecified atom stereocenters. The van der Waals surface area contributed by atoms with Crippen LogP contribution in [0.1, 0.15) is 11.1 Å². The molecular formula is C20H18N4O4. The van der Waals surface area contributed by atoms with Gasteiger partial charge in [-0.2, -0.15) is 9.78 Å². The highest BCUT2D eigenvalue weighted by molar-refractivity contribution is 6.04. The number of ether oxygens (including phenoxy) is 2. The molecule has 8 heteroatoms. The fourth-order valence-corrected chi connectivity index (χ4v) is 3.07. The first-order valence-electron chi connectivity index (χ1n) is 8.54. The SMILES string of the molecule is COc1ccc2[nH]c3c(=O)n(/N=C\c4ccc(OC)c(CO)c4)cnc3c2c1. The molecule has 0 atom stereocenters. The summed E-state index contributed by atoms with van der Waals surface area (Å²) in [6.45, 7) is -0.156. The summed E-state index contributed by atoms with van der Waals surface area (Å²) in [5.41, 5.74) is 2.78. The lowest BCUT2D eigenvalue weighted by molar-refractivity contribution is 0.274. The van der Waals surface area contributed by atoms with E-state index >= 15 is 0 Å². The summed E-state index contributed by atoms with van der Waals surface area (Å²) >= 11 is 0. The van der Waals surface area contributed by atoms with Crippen molar-refractivity contribution in [3.63, 3.8) is 0 Å². The minimum absolute atomic E-state index is 0.156. The fourth-order valence-electron chi connectivity index (χ4n) is 3.07. The van der Waals surface area contributed by atoms with Gasteiger partial charge in [-0.25, -0.2) is 4.98 Å². The lowest BCUT2D eigenvalue weighted by atomic mass is 10.1. The van der Waals surface area contributed by atoms with Crippen molar-refractivity contribution in [2.75, 3.05) is 14.2 Å². The Labute approximate surface area is 159 Å². The van der Waals surface area contributed by atoms with Crippen LogP contribution in [0.15, 0.2) is 52.6 Å². The van der Waals surface area contributed by atoms with E-state index in [2.05, 4.69) is 15.1 Å². The summed E-state index contributed by atoms with van der Waals surface area (Å²) < 4.78 is 11.6. The minimum atomic E-state index is -0.313. The molecule has 2 aromatic carbocycles. The standard InChI is InChI=1S/C20H18N4O4/c1-27-14-4-5-16-15(8-14)18-19(23-16)20(26)24(11-21-18)22-9-12-3-6-17(28-2)13(7-12)10-25/h3-9,11,23,25H,10H2,1-2H3/b22-9-. The van der Waals surface area contributed by atoms with E-state index in [0.29, 0.717) is 28.1 Å². The molecule has 2 heterocycles. The molecule has 0 saturated carbocycles. The molecular weight excluding hydrogens is 360 g/mol. The summed E-state index contributed by atoms with van der Waals surface area (Å²) in [5, 5.41) is 14.4. The smallest absolute Gasteiger partial charge is 0.298 e. The maximum atomic E-state index is 12.8. The van der Waals surface area contributed by atoms with Gasteiger partial charge in [0.1, 0.15) is 28.9 Å². The molecule has 28 heavy (non-hydrogen) atoms. The number of benzene rings is 2. The Balaban J connectivity index is 1.75. The molecule has 8 nitrogen and oxygen atoms in total. The predicted molar refractivity (Wildman–Crippen MR) is 106 cm³/mol. The van der Waals surface area contributed by atoms with Gasteiger partial charge in [0.25, 0.3) is 5.56 Å². The Kier molecular flexibility index (Phi) is 4.54. The van der Waals surface area contributed by atoms with Crippen LogP contribution in [0, 0.1) is 0 Å². The van der Waals surface area contributed by atoms with Crippen LogP contribution in [-0.2, 0) is 6.61 Å². The quantitative estimate of drug-likeness (QED) is 0.519. The first-order chi connectivity index (χ1) is 13.6. The molecule has 0 radical (unpaired) electrons. The average molecular weight is 378 g/mol. The zero-order chi connectivity index (χ0) is 19.7. The van der Waals surface area contributed by atoms with E-state index in [1.54, 1.807) is 32.4 Å². The Morgan fingerprint density at radius 3 is 2.82 bits per heavy atom. The van der Waals surface area contributed by atoms with Crippen molar-refractivity contribution in [1.29, 1.82) is 0 Å². The van der Waals surface area contributed by atoms with Gasteiger partial charge in [-0.15, -0.1) is 0 Å². The van der Waals surface area contributed by atoms with Gasteiger partial charge in [-0.3, -0.25) is 4.79 Å². The highest BCUT2D eigenvalue weighted by Crippen LogP contribution is 2.25. The van der Waals surface area contributed by atoms with Crippen LogP contribution < -0.4 is 15.0 Å². The molecule has 0 amide bonds. The molecule has 0 spiro atoms. The number of aromatic amines is 1. The normalized spacial score (nSPS) is 11.5. The number of H-pyrrole nitrogens is 1. The van der Waals surface area contributed by atoms with Gasteiger partial charge in [0.2, 0.25) is 0 Å². The molecule has 142 valence electrons. The predicted octanol–water partition coefficient (Wildman–Crippen LogP) is 2.27. The summed E-state index contributed by atoms with van der Waals surface area (Å²) in [5.74, 6) is 1.28. The third-order valence-corrected chi connectivity index (χ3v) is 4.50. The highest BCUT2D eigenvalue weighted by atomic mass is 16.5. The zero-order valence-electron chi connectivity index (χ0n) is 15.3. The van der Waals surface area contributed by atoms with E-state index in [9.17, 15) is 9.90 Å². The van der Waals surface area contributed by atoms with E-state index in [0.717, 1.165) is 21.1 Å². The van der Waals surface area contributed by atoms with Crippen molar-refractivity contribution in [1.82, 2.24) is 14.6 Å². The van der Waals surface area contributed by atoms with Gasteiger partial charge < -0.3 is 19.6 Å². The minimum Gasteiger partial charge on any atom is -0.497 e. The molecule has 0 aliphatic rings. The molecule has 0 bridgehead atoms. The van der Waals surface area contributed by atoms with Crippen molar-refractivity contribution < 1.29 is 14.6 Å². The van der Waals surface area contributed by atoms with Crippen LogP contribution >= 0.6 is 0 Å². The van der Waals surface area contributed by atoms with E-state index in [-0.39, 0.29) is 12.2 Å². The van der Waals surface area contributed by atoms with E-state index < -0.39 is 0 Å². The van der Waals surface area contributed by atoms with Gasteiger partial charge in [0.05, 0.1) is 27.0 Å². The van der Waals surface area contributed by atoms with Gasteiger partial charge in [0, 0.05) is 16.5 Å². The Morgan fingerprint density at radius 2 is 2.07 bits per heavy atom. The van der Waals surface area contributed by atoms with Crippen molar-refractivity contribution in [2.45, 2.75) is 6.61 Å². The molecule has 4 rings (SSSR count). The van der Waals surface area contributed by atoms with E-state index in [1.807, 2.05) is 18.2 Å². The van der Waals surface area contributed by atoms with Crippen LogP contribution in [0.25, 0.3) is 21.9 Å². The number of hydrogen-bond donors (Lipinski definition) is 2. The maximum absolute atomic E-state index is 12.8. The Hall–Kier alpha value is -3.65. The maximum Gasteiger partial charge on any atom is 0.298 e. The lowest BCUT2D eigenvalue weighted by Gasteiger charge is -2.06. The van der Waals surface area contributed by atoms with Crippen LogP contribution in [0.2, 0.25) is 0 Å². The number of nitrogens with zero attached hydrogens (tertiary/aromatic N) is 3. The van der Waals surface area contributed by atoms with E-state index in [4.69, 9.17) is 9.47 Å². The first-order valence-corrected chi connectivity index (χ1v) is 8.54. The number of nitrogens with one attached hydrogen (secondary N) is 1. The molecule has 0 aliphatic heterocycles. The van der Waals surface area contributed by atoms with Gasteiger partial charge in [0.15, 0.2) is 0 Å². The van der Waals surface area contributed by atoms with Crippen LogP contribution in [-0.4, -0.2) is 40.2 Å². The highest BCUT2D eigenvalue weighted by Gasteiger charge is 2.11. The third-order valence-electron chi connectivity index (χ3n) is 4.50. The van der Waals surface area contributed by atoms with Crippen molar-refractivity contribution in [3.8, 4) is 11.5 Å². The second-order valence-corrected chi connectivity index (χ2v) is 6.13. The van der Waals surface area contributed by atoms with Crippen molar-refractivity contribution in [2.24, 2.45) is 5.10 Å². The molecule has 0 aliphatic carbocycles. The topological polar surface area (TPSA) is 102 Å². The molecule has 2 N–H and O–H groups in total. The molecule has 2 aromatic heterocycles.